The van der Waals surface area contributed by atoms with Crippen molar-refractivity contribution >= 4 is 36.0 Å². The molecule has 8 nitrogen and oxygen atoms in total. The average molecular weight is 507 g/mol. The Bertz CT molecular complexity index is 807. The Balaban J connectivity index is 0. The van der Waals surface area contributed by atoms with Crippen LogP contribution in [0.15, 0.2) is 42.0 Å². The van der Waals surface area contributed by atoms with Crippen LogP contribution in [0.25, 0.3) is 0 Å². The highest BCUT2D eigenvalue weighted by Crippen LogP contribution is 2.29. The van der Waals surface area contributed by atoms with Crippen molar-refractivity contribution in [2.75, 3.05) is 19.4 Å². The Morgan fingerprint density at radius 3 is 2.26 bits per heavy atom. The van der Waals surface area contributed by atoms with E-state index in [4.69, 9.17) is 14.6 Å². The summed E-state index contributed by atoms with van der Waals surface area (Å²) in [7, 11) is 1.70. The largest absolute Gasteiger partial charge is 0.483 e. The van der Waals surface area contributed by atoms with Crippen molar-refractivity contribution in [2.45, 2.75) is 58.4 Å². The maximum absolute atomic E-state index is 12.2. The van der Waals surface area contributed by atoms with Crippen molar-refractivity contribution in [3.05, 3.63) is 47.5 Å². The van der Waals surface area contributed by atoms with E-state index in [-0.39, 0.29) is 49.1 Å². The minimum atomic E-state index is -0.544. The quantitative estimate of drug-likeness (QED) is 0.173. The van der Waals surface area contributed by atoms with Gasteiger partial charge in [-0.25, -0.2) is 0 Å². The van der Waals surface area contributed by atoms with E-state index in [0.717, 1.165) is 11.1 Å². The van der Waals surface area contributed by atoms with Gasteiger partial charge in [-0.1, -0.05) is 56.2 Å². The van der Waals surface area contributed by atoms with Gasteiger partial charge in [0.05, 0.1) is 12.8 Å². The zero-order valence-corrected chi connectivity index (χ0v) is 22.0. The van der Waals surface area contributed by atoms with E-state index < -0.39 is 6.04 Å². The van der Waals surface area contributed by atoms with Crippen LogP contribution in [0.1, 0.15) is 46.1 Å². The number of terminal acetylenes is 1. The predicted octanol–water partition coefficient (Wildman–Crippen LogP) is 3.51. The summed E-state index contributed by atoms with van der Waals surface area (Å²) in [4.78, 5) is 45.9. The maximum atomic E-state index is 12.2. The molecule has 0 bridgehead atoms. The standard InChI is InChI=1S/C20H26N2O4S.C3H8.C2H2.CH2O2/c1-14(2)9-11-26-17(24)10-12-27-20-18(19(25)22(20)3)21-16(23)13-15-7-5-4-6-8-15;1-3-2;1-2;2-1-3/h4-9,18,20H,10-13H2,1-3H3,(H,21,23);3H2,1-2H3;1-2H;1H,(H,2,3)/t18-,20-;;;/m1.../s1. The summed E-state index contributed by atoms with van der Waals surface area (Å²) in [6.45, 7) is 8.17. The Hall–Kier alpha value is -3.25. The first-order chi connectivity index (χ1) is 16.7. The number of thioether (sulfide) groups is 1. The van der Waals surface area contributed by atoms with E-state index in [2.05, 4.69) is 32.0 Å². The fourth-order valence-electron chi connectivity index (χ4n) is 2.59. The lowest BCUT2D eigenvalue weighted by Crippen LogP contribution is -2.68. The first-order valence-corrected chi connectivity index (χ1v) is 12.2. The summed E-state index contributed by atoms with van der Waals surface area (Å²) in [6, 6.07) is 8.85. The summed E-state index contributed by atoms with van der Waals surface area (Å²) < 4.78 is 5.11. The number of amides is 2. The average Bonchev–Trinajstić information content (AvgIpc) is 2.83. The number of benzene rings is 1. The van der Waals surface area contributed by atoms with Crippen molar-refractivity contribution in [2.24, 2.45) is 0 Å². The Kier molecular flexibility index (Phi) is 20.6. The molecule has 1 fully saturated rings. The molecule has 194 valence electrons. The van der Waals surface area contributed by atoms with Gasteiger partial charge >= 0.3 is 5.97 Å². The van der Waals surface area contributed by atoms with Gasteiger partial charge in [0.15, 0.2) is 0 Å². The zero-order chi connectivity index (χ0) is 27.2. The number of esters is 1. The Labute approximate surface area is 213 Å². The number of ether oxygens (including phenoxy) is 1. The van der Waals surface area contributed by atoms with Gasteiger partial charge in [0.25, 0.3) is 6.47 Å². The molecule has 2 amide bonds. The summed E-state index contributed by atoms with van der Waals surface area (Å²) in [5, 5.41) is 9.53. The second-order valence-electron chi connectivity index (χ2n) is 7.45. The van der Waals surface area contributed by atoms with Crippen LogP contribution in [0.5, 0.6) is 0 Å². The molecular weight excluding hydrogens is 468 g/mol. The van der Waals surface area contributed by atoms with Gasteiger partial charge < -0.3 is 20.1 Å². The van der Waals surface area contributed by atoms with Crippen molar-refractivity contribution in [1.82, 2.24) is 10.2 Å². The Morgan fingerprint density at radius 1 is 1.20 bits per heavy atom. The van der Waals surface area contributed by atoms with Crippen LogP contribution in [0.3, 0.4) is 0 Å². The molecule has 0 radical (unpaired) electrons. The number of nitrogens with one attached hydrogen (secondary N) is 1. The number of hydrogen-bond acceptors (Lipinski definition) is 6. The monoisotopic (exact) mass is 506 g/mol. The fourth-order valence-corrected chi connectivity index (χ4v) is 3.82. The fraction of sp³-hybridized carbons (Fsp3) is 0.462. The first kappa shape index (κ1) is 33.9. The normalized spacial score (nSPS) is 15.2. The van der Waals surface area contributed by atoms with E-state index >= 15 is 0 Å². The molecule has 0 aromatic heterocycles. The highest BCUT2D eigenvalue weighted by Gasteiger charge is 2.46. The molecule has 2 rings (SSSR count). The van der Waals surface area contributed by atoms with Crippen LogP contribution in [-0.4, -0.2) is 65.1 Å². The molecule has 2 N–H and O–H groups in total. The predicted molar refractivity (Wildman–Crippen MR) is 141 cm³/mol. The topological polar surface area (TPSA) is 113 Å². The summed E-state index contributed by atoms with van der Waals surface area (Å²) >= 11 is 1.47. The lowest BCUT2D eigenvalue weighted by molar-refractivity contribution is -0.146. The summed E-state index contributed by atoms with van der Waals surface area (Å²) in [5.41, 5.74) is 2.00. The molecule has 1 aliphatic heterocycles. The molecule has 0 unspecified atom stereocenters. The third-order valence-corrected chi connectivity index (χ3v) is 5.50. The van der Waals surface area contributed by atoms with Crippen molar-refractivity contribution < 1.29 is 29.0 Å². The van der Waals surface area contributed by atoms with Crippen LogP contribution in [0.2, 0.25) is 0 Å². The molecule has 35 heavy (non-hydrogen) atoms. The van der Waals surface area contributed by atoms with Gasteiger partial charge in [-0.15, -0.1) is 24.6 Å². The summed E-state index contributed by atoms with van der Waals surface area (Å²) in [6.07, 6.45) is 11.6. The lowest BCUT2D eigenvalue weighted by Gasteiger charge is -2.44. The minimum absolute atomic E-state index is 0.111. The molecular formula is C26H38N2O6S. The molecule has 0 saturated carbocycles. The molecule has 1 aromatic rings. The second kappa shape index (κ2) is 21.3. The van der Waals surface area contributed by atoms with Crippen molar-refractivity contribution in [3.8, 4) is 12.8 Å². The molecule has 0 spiro atoms. The van der Waals surface area contributed by atoms with Crippen LogP contribution in [-0.2, 0) is 30.3 Å². The van der Waals surface area contributed by atoms with Crippen LogP contribution in [0.4, 0.5) is 0 Å². The molecule has 1 heterocycles. The number of allylic oxidation sites excluding steroid dienone is 1. The lowest BCUT2D eigenvalue weighted by atomic mass is 10.1. The Morgan fingerprint density at radius 2 is 1.74 bits per heavy atom. The van der Waals surface area contributed by atoms with Crippen molar-refractivity contribution in [1.29, 1.82) is 0 Å². The number of carbonyl (C=O) groups is 4. The SMILES string of the molecule is C#C.CC(C)=CCOC(=O)CCS[C@@H]1[C@H](NC(=O)Cc2ccccc2)C(=O)N1C.CCC.O=CO. The van der Waals surface area contributed by atoms with Gasteiger partial charge in [-0.2, -0.15) is 0 Å². The van der Waals surface area contributed by atoms with Gasteiger partial charge in [-0.3, -0.25) is 19.2 Å². The van der Waals surface area contributed by atoms with Gasteiger partial charge in [0.2, 0.25) is 11.8 Å². The van der Waals surface area contributed by atoms with E-state index in [0.29, 0.717) is 5.75 Å². The van der Waals surface area contributed by atoms with E-state index in [9.17, 15) is 14.4 Å². The highest BCUT2D eigenvalue weighted by atomic mass is 32.2. The van der Waals surface area contributed by atoms with Gasteiger partial charge in [0.1, 0.15) is 18.0 Å². The number of likely N-dealkylation sites (N-methyl/N-ethyl adjacent to an activating group) is 1. The van der Waals surface area contributed by atoms with Crippen molar-refractivity contribution in [3.63, 3.8) is 0 Å². The molecule has 2 atom stereocenters. The zero-order valence-electron chi connectivity index (χ0n) is 21.2. The molecule has 1 aromatic carbocycles. The van der Waals surface area contributed by atoms with Gasteiger partial charge in [-0.05, 0) is 25.5 Å². The smallest absolute Gasteiger partial charge is 0.306 e. The van der Waals surface area contributed by atoms with Crippen LogP contribution < -0.4 is 5.32 Å². The van der Waals surface area contributed by atoms with E-state index in [1.54, 1.807) is 11.9 Å². The van der Waals surface area contributed by atoms with Crippen LogP contribution in [0, 0.1) is 12.8 Å². The number of carboxylic acid groups (broad SMARTS) is 1. The minimum Gasteiger partial charge on any atom is -0.483 e. The second-order valence-corrected chi connectivity index (χ2v) is 8.67. The third-order valence-electron chi connectivity index (χ3n) is 4.14. The number of nitrogens with zero attached hydrogens (tertiary/aromatic N) is 1. The van der Waals surface area contributed by atoms with Crippen LogP contribution >= 0.6 is 11.8 Å². The third kappa shape index (κ3) is 15.3. The molecule has 0 aliphatic carbocycles. The number of β-lactam (4-membered cyclic amide) rings is 1. The first-order valence-electron chi connectivity index (χ1n) is 11.1. The van der Waals surface area contributed by atoms with Gasteiger partial charge in [0, 0.05) is 12.8 Å². The highest BCUT2D eigenvalue weighted by molar-refractivity contribution is 8.00. The number of rotatable bonds is 9. The van der Waals surface area contributed by atoms with E-state index in [1.165, 1.54) is 18.2 Å². The maximum Gasteiger partial charge on any atom is 0.306 e. The summed E-state index contributed by atoms with van der Waals surface area (Å²) in [5.74, 6) is -0.0292. The number of carbonyl (C=O) groups excluding carboxylic acids is 3. The molecule has 9 heteroatoms. The number of hydrogen-bond donors (Lipinski definition) is 2. The molecule has 1 aliphatic rings. The van der Waals surface area contributed by atoms with E-state index in [1.807, 2.05) is 50.3 Å². The molecule has 1 saturated heterocycles. The number of likely N-dealkylation sites (tertiary alicyclic amines) is 1.